The van der Waals surface area contributed by atoms with Gasteiger partial charge in [-0.2, -0.15) is 0 Å². The largest absolute Gasteiger partial charge is 0.340 e. The molecule has 1 amide bonds. The number of fused-ring (bicyclic) bond motifs is 1. The first-order valence-corrected chi connectivity index (χ1v) is 9.13. The minimum atomic E-state index is 0.0113. The maximum Gasteiger partial charge on any atom is 0.231 e. The molecule has 1 fully saturated rings. The average Bonchev–Trinajstić information content (AvgIpc) is 3.05. The number of rotatable bonds is 2. The standard InChI is InChI=1S/C18H19BrN4O/c19-15-4-5-16-13(11-15)6-10-23(16)17(24)14-3-1-9-22(12-14)18-20-7-2-8-21-18/h2,4-5,7-8,11,14H,1,3,6,9-10,12H2. The molecular formula is C18H19BrN4O. The van der Waals surface area contributed by atoms with Crippen LogP contribution in [-0.4, -0.2) is 35.5 Å². The first-order chi connectivity index (χ1) is 11.7. The lowest BCUT2D eigenvalue weighted by Gasteiger charge is -2.34. The Labute approximate surface area is 149 Å². The average molecular weight is 387 g/mol. The minimum absolute atomic E-state index is 0.0113. The summed E-state index contributed by atoms with van der Waals surface area (Å²) in [7, 11) is 0. The number of hydrogen-bond acceptors (Lipinski definition) is 4. The third kappa shape index (κ3) is 2.90. The van der Waals surface area contributed by atoms with Crippen LogP contribution in [0.4, 0.5) is 11.6 Å². The predicted octanol–water partition coefficient (Wildman–Crippen LogP) is 3.04. The van der Waals surface area contributed by atoms with E-state index in [0.717, 1.165) is 48.5 Å². The summed E-state index contributed by atoms with van der Waals surface area (Å²) < 4.78 is 1.07. The van der Waals surface area contributed by atoms with Crippen LogP contribution in [0.5, 0.6) is 0 Å². The van der Waals surface area contributed by atoms with E-state index in [1.807, 2.05) is 23.1 Å². The van der Waals surface area contributed by atoms with Crippen LogP contribution < -0.4 is 9.80 Å². The number of anilines is 2. The van der Waals surface area contributed by atoms with Crippen LogP contribution in [0.15, 0.2) is 41.1 Å². The van der Waals surface area contributed by atoms with E-state index in [2.05, 4.69) is 36.9 Å². The fraction of sp³-hybridized carbons (Fsp3) is 0.389. The van der Waals surface area contributed by atoms with Gasteiger partial charge in [-0.05, 0) is 49.1 Å². The van der Waals surface area contributed by atoms with Gasteiger partial charge in [0.25, 0.3) is 0 Å². The smallest absolute Gasteiger partial charge is 0.231 e. The van der Waals surface area contributed by atoms with E-state index in [9.17, 15) is 4.79 Å². The first-order valence-electron chi connectivity index (χ1n) is 8.34. The van der Waals surface area contributed by atoms with Gasteiger partial charge in [-0.1, -0.05) is 15.9 Å². The van der Waals surface area contributed by atoms with E-state index < -0.39 is 0 Å². The van der Waals surface area contributed by atoms with E-state index in [1.165, 1.54) is 5.56 Å². The summed E-state index contributed by atoms with van der Waals surface area (Å²) in [6, 6.07) is 7.99. The molecule has 0 bridgehead atoms. The van der Waals surface area contributed by atoms with Crippen molar-refractivity contribution in [3.8, 4) is 0 Å². The molecule has 2 aliphatic rings. The second-order valence-electron chi connectivity index (χ2n) is 6.35. The fourth-order valence-corrected chi connectivity index (χ4v) is 4.04. The molecule has 3 heterocycles. The normalized spacial score (nSPS) is 20.1. The SMILES string of the molecule is O=C(C1CCCN(c2ncccn2)C1)N1CCc2cc(Br)ccc21. The Hall–Kier alpha value is -1.95. The predicted molar refractivity (Wildman–Crippen MR) is 97.2 cm³/mol. The Bertz CT molecular complexity index is 752. The Morgan fingerprint density at radius 3 is 2.88 bits per heavy atom. The lowest BCUT2D eigenvalue weighted by Crippen LogP contribution is -2.45. The van der Waals surface area contributed by atoms with Gasteiger partial charge in [-0.15, -0.1) is 0 Å². The molecule has 124 valence electrons. The number of carbonyl (C=O) groups is 1. The van der Waals surface area contributed by atoms with Gasteiger partial charge < -0.3 is 9.80 Å². The van der Waals surface area contributed by atoms with Crippen molar-refractivity contribution in [2.24, 2.45) is 5.92 Å². The molecule has 1 atom stereocenters. The molecule has 0 N–H and O–H groups in total. The molecule has 0 spiro atoms. The molecule has 5 nitrogen and oxygen atoms in total. The lowest BCUT2D eigenvalue weighted by molar-refractivity contribution is -0.122. The Balaban J connectivity index is 1.51. The van der Waals surface area contributed by atoms with Crippen LogP contribution in [-0.2, 0) is 11.2 Å². The molecule has 1 unspecified atom stereocenters. The van der Waals surface area contributed by atoms with Crippen molar-refractivity contribution >= 4 is 33.5 Å². The van der Waals surface area contributed by atoms with Crippen LogP contribution in [0.25, 0.3) is 0 Å². The summed E-state index contributed by atoms with van der Waals surface area (Å²) in [4.78, 5) is 25.8. The number of carbonyl (C=O) groups excluding carboxylic acids is 1. The Morgan fingerprint density at radius 1 is 1.21 bits per heavy atom. The Kier molecular flexibility index (Phi) is 4.22. The molecule has 0 saturated carbocycles. The van der Waals surface area contributed by atoms with Gasteiger partial charge in [-0.25, -0.2) is 9.97 Å². The number of piperidine rings is 1. The monoisotopic (exact) mass is 386 g/mol. The molecule has 0 aliphatic carbocycles. The molecule has 4 rings (SSSR count). The Morgan fingerprint density at radius 2 is 2.04 bits per heavy atom. The molecule has 24 heavy (non-hydrogen) atoms. The van der Waals surface area contributed by atoms with E-state index in [0.29, 0.717) is 6.54 Å². The van der Waals surface area contributed by atoms with E-state index in [4.69, 9.17) is 0 Å². The summed E-state index contributed by atoms with van der Waals surface area (Å²) in [5, 5.41) is 0. The zero-order chi connectivity index (χ0) is 16.5. The third-order valence-corrected chi connectivity index (χ3v) is 5.30. The second-order valence-corrected chi connectivity index (χ2v) is 7.26. The number of hydrogen-bond donors (Lipinski definition) is 0. The topological polar surface area (TPSA) is 49.3 Å². The number of benzene rings is 1. The lowest BCUT2D eigenvalue weighted by atomic mass is 9.96. The van der Waals surface area contributed by atoms with Gasteiger partial charge in [0.2, 0.25) is 11.9 Å². The zero-order valence-corrected chi connectivity index (χ0v) is 14.9. The van der Waals surface area contributed by atoms with Gasteiger partial charge in [0, 0.05) is 42.2 Å². The van der Waals surface area contributed by atoms with Crippen LogP contribution in [0.3, 0.4) is 0 Å². The molecule has 0 radical (unpaired) electrons. The van der Waals surface area contributed by atoms with Crippen molar-refractivity contribution in [2.75, 3.05) is 29.4 Å². The molecule has 2 aromatic rings. The highest BCUT2D eigenvalue weighted by molar-refractivity contribution is 9.10. The molecule has 1 aromatic carbocycles. The highest BCUT2D eigenvalue weighted by atomic mass is 79.9. The van der Waals surface area contributed by atoms with E-state index in [-0.39, 0.29) is 11.8 Å². The van der Waals surface area contributed by atoms with Crippen molar-refractivity contribution < 1.29 is 4.79 Å². The summed E-state index contributed by atoms with van der Waals surface area (Å²) in [5.74, 6) is 0.967. The summed E-state index contributed by atoms with van der Waals surface area (Å²) in [5.41, 5.74) is 2.31. The zero-order valence-electron chi connectivity index (χ0n) is 13.4. The van der Waals surface area contributed by atoms with Gasteiger partial charge >= 0.3 is 0 Å². The van der Waals surface area contributed by atoms with Crippen LogP contribution in [0, 0.1) is 5.92 Å². The maximum absolute atomic E-state index is 13.1. The second kappa shape index (κ2) is 6.51. The summed E-state index contributed by atoms with van der Waals surface area (Å²) >= 11 is 3.51. The van der Waals surface area contributed by atoms with Crippen molar-refractivity contribution in [3.63, 3.8) is 0 Å². The van der Waals surface area contributed by atoms with Gasteiger partial charge in [0.15, 0.2) is 0 Å². The van der Waals surface area contributed by atoms with E-state index >= 15 is 0 Å². The van der Waals surface area contributed by atoms with Gasteiger partial charge in [0.1, 0.15) is 0 Å². The third-order valence-electron chi connectivity index (χ3n) is 4.81. The molecule has 1 aromatic heterocycles. The number of aromatic nitrogens is 2. The molecule has 1 saturated heterocycles. The maximum atomic E-state index is 13.1. The quantitative estimate of drug-likeness (QED) is 0.795. The van der Waals surface area contributed by atoms with Crippen molar-refractivity contribution in [3.05, 3.63) is 46.7 Å². The van der Waals surface area contributed by atoms with E-state index in [1.54, 1.807) is 12.4 Å². The number of halogens is 1. The van der Waals surface area contributed by atoms with Crippen molar-refractivity contribution in [1.82, 2.24) is 9.97 Å². The van der Waals surface area contributed by atoms with Crippen LogP contribution in [0.2, 0.25) is 0 Å². The van der Waals surface area contributed by atoms with Gasteiger partial charge in [0.05, 0.1) is 5.92 Å². The summed E-state index contributed by atoms with van der Waals surface area (Å²) in [6.07, 6.45) is 6.36. The van der Waals surface area contributed by atoms with Crippen molar-refractivity contribution in [2.45, 2.75) is 19.3 Å². The summed E-state index contributed by atoms with van der Waals surface area (Å²) in [6.45, 7) is 2.39. The van der Waals surface area contributed by atoms with Crippen LogP contribution in [0.1, 0.15) is 18.4 Å². The highest BCUT2D eigenvalue weighted by Gasteiger charge is 2.33. The number of nitrogens with zero attached hydrogens (tertiary/aromatic N) is 4. The molecular weight excluding hydrogens is 368 g/mol. The highest BCUT2D eigenvalue weighted by Crippen LogP contribution is 2.33. The first kappa shape index (κ1) is 15.6. The molecule has 2 aliphatic heterocycles. The van der Waals surface area contributed by atoms with Crippen molar-refractivity contribution in [1.29, 1.82) is 0 Å². The number of amides is 1. The van der Waals surface area contributed by atoms with Crippen LogP contribution >= 0.6 is 15.9 Å². The molecule has 6 heteroatoms. The van der Waals surface area contributed by atoms with Gasteiger partial charge in [-0.3, -0.25) is 4.79 Å². The minimum Gasteiger partial charge on any atom is -0.340 e. The fourth-order valence-electron chi connectivity index (χ4n) is 3.63.